The van der Waals surface area contributed by atoms with Crippen molar-refractivity contribution in [2.24, 2.45) is 0 Å². The van der Waals surface area contributed by atoms with Gasteiger partial charge in [-0.25, -0.2) is 9.37 Å². The van der Waals surface area contributed by atoms with Crippen molar-refractivity contribution in [2.75, 3.05) is 0 Å². The molecule has 3 nitrogen and oxygen atoms in total. The van der Waals surface area contributed by atoms with E-state index in [9.17, 15) is 9.18 Å². The van der Waals surface area contributed by atoms with Gasteiger partial charge >= 0.3 is 0 Å². The molecular formula is C23H19FN2OS. The molecule has 0 radical (unpaired) electrons. The molecule has 0 atom stereocenters. The van der Waals surface area contributed by atoms with Crippen LogP contribution < -0.4 is 5.56 Å². The number of aryl methyl sites for hydroxylation is 2. The van der Waals surface area contributed by atoms with E-state index >= 15 is 0 Å². The number of para-hydroxylation sites is 1. The van der Waals surface area contributed by atoms with Crippen LogP contribution in [0.15, 0.2) is 76.7 Å². The minimum absolute atomic E-state index is 0.117. The topological polar surface area (TPSA) is 34.9 Å². The maximum atomic E-state index is 14.1. The first-order valence-electron chi connectivity index (χ1n) is 9.00. The fourth-order valence-electron chi connectivity index (χ4n) is 3.24. The predicted octanol–water partition coefficient (Wildman–Crippen LogP) is 5.43. The van der Waals surface area contributed by atoms with Gasteiger partial charge < -0.3 is 0 Å². The smallest absolute Gasteiger partial charge is 0.266 e. The number of nitrogens with zero attached hydrogens (tertiary/aromatic N) is 2. The maximum Gasteiger partial charge on any atom is 0.266 e. The van der Waals surface area contributed by atoms with Crippen LogP contribution in [-0.2, 0) is 5.75 Å². The number of rotatable bonds is 4. The third-order valence-corrected chi connectivity index (χ3v) is 5.64. The molecule has 4 aromatic rings. The van der Waals surface area contributed by atoms with E-state index in [1.807, 2.05) is 56.3 Å². The highest BCUT2D eigenvalue weighted by atomic mass is 32.2. The Morgan fingerprint density at radius 3 is 2.54 bits per heavy atom. The lowest BCUT2D eigenvalue weighted by molar-refractivity contribution is 0.617. The van der Waals surface area contributed by atoms with Gasteiger partial charge in [-0.05, 0) is 49.2 Å². The highest BCUT2D eigenvalue weighted by Crippen LogP contribution is 2.27. The summed E-state index contributed by atoms with van der Waals surface area (Å²) in [5, 5.41) is 1.12. The third-order valence-electron chi connectivity index (χ3n) is 4.65. The molecule has 0 aliphatic rings. The second-order valence-corrected chi connectivity index (χ2v) is 7.66. The highest BCUT2D eigenvalue weighted by Gasteiger charge is 2.15. The zero-order chi connectivity index (χ0) is 19.7. The van der Waals surface area contributed by atoms with Crippen molar-refractivity contribution in [3.8, 4) is 5.69 Å². The summed E-state index contributed by atoms with van der Waals surface area (Å²) in [5.41, 5.74) is 4.03. The molecule has 5 heteroatoms. The third kappa shape index (κ3) is 3.45. The van der Waals surface area contributed by atoms with Gasteiger partial charge in [0.25, 0.3) is 5.56 Å². The van der Waals surface area contributed by atoms with E-state index in [2.05, 4.69) is 0 Å². The monoisotopic (exact) mass is 390 g/mol. The Bertz CT molecular complexity index is 1230. The summed E-state index contributed by atoms with van der Waals surface area (Å²) in [4.78, 5) is 18.0. The maximum absolute atomic E-state index is 14.1. The summed E-state index contributed by atoms with van der Waals surface area (Å²) < 4.78 is 15.7. The van der Waals surface area contributed by atoms with Crippen LogP contribution in [0.4, 0.5) is 4.39 Å². The van der Waals surface area contributed by atoms with Crippen molar-refractivity contribution in [1.82, 2.24) is 9.55 Å². The lowest BCUT2D eigenvalue weighted by Crippen LogP contribution is -2.22. The van der Waals surface area contributed by atoms with Crippen molar-refractivity contribution in [2.45, 2.75) is 24.8 Å². The number of aromatic nitrogens is 2. The van der Waals surface area contributed by atoms with Crippen LogP contribution in [0.3, 0.4) is 0 Å². The zero-order valence-electron chi connectivity index (χ0n) is 15.6. The standard InChI is InChI=1S/C23H19FN2OS/c1-15-11-12-21(16(2)13-15)26-22(27)18-8-4-6-10-20(18)25-23(26)28-14-17-7-3-5-9-19(17)24/h3-13H,14H2,1-2H3. The first-order valence-corrected chi connectivity index (χ1v) is 9.99. The van der Waals surface area contributed by atoms with Crippen molar-refractivity contribution in [3.63, 3.8) is 0 Å². The van der Waals surface area contributed by atoms with Gasteiger partial charge in [0.05, 0.1) is 16.6 Å². The Hall–Kier alpha value is -2.92. The predicted molar refractivity (Wildman–Crippen MR) is 113 cm³/mol. The second-order valence-electron chi connectivity index (χ2n) is 6.72. The fraction of sp³-hybridized carbons (Fsp3) is 0.130. The Kier molecular flexibility index (Phi) is 5.01. The second kappa shape index (κ2) is 7.60. The SMILES string of the molecule is Cc1ccc(-n2c(SCc3ccccc3F)nc3ccccc3c2=O)c(C)c1. The molecule has 0 aliphatic carbocycles. The molecule has 3 aromatic carbocycles. The first kappa shape index (κ1) is 18.4. The summed E-state index contributed by atoms with van der Waals surface area (Å²) in [7, 11) is 0. The molecule has 0 unspecified atom stereocenters. The number of benzene rings is 3. The highest BCUT2D eigenvalue weighted by molar-refractivity contribution is 7.98. The number of thioether (sulfide) groups is 1. The largest absolute Gasteiger partial charge is 0.268 e. The number of halogens is 1. The first-order chi connectivity index (χ1) is 13.5. The van der Waals surface area contributed by atoms with Gasteiger partial charge in [0.15, 0.2) is 5.16 Å². The van der Waals surface area contributed by atoms with Crippen LogP contribution >= 0.6 is 11.8 Å². The van der Waals surface area contributed by atoms with Crippen LogP contribution in [0.25, 0.3) is 16.6 Å². The molecule has 0 fully saturated rings. The van der Waals surface area contributed by atoms with E-state index in [0.29, 0.717) is 27.4 Å². The molecule has 0 amide bonds. The van der Waals surface area contributed by atoms with Crippen molar-refractivity contribution < 1.29 is 4.39 Å². The van der Waals surface area contributed by atoms with E-state index in [1.54, 1.807) is 22.8 Å². The molecule has 0 saturated carbocycles. The van der Waals surface area contributed by atoms with Gasteiger partial charge in [0.2, 0.25) is 0 Å². The molecule has 0 saturated heterocycles. The minimum atomic E-state index is -0.254. The summed E-state index contributed by atoms with van der Waals surface area (Å²) in [5.74, 6) is 0.138. The molecular weight excluding hydrogens is 371 g/mol. The fourth-order valence-corrected chi connectivity index (χ4v) is 4.23. The van der Waals surface area contributed by atoms with E-state index in [1.165, 1.54) is 17.8 Å². The van der Waals surface area contributed by atoms with Gasteiger partial charge in [0.1, 0.15) is 5.82 Å². The van der Waals surface area contributed by atoms with E-state index < -0.39 is 0 Å². The number of hydrogen-bond donors (Lipinski definition) is 0. The number of hydrogen-bond acceptors (Lipinski definition) is 3. The lowest BCUT2D eigenvalue weighted by Gasteiger charge is -2.15. The average Bonchev–Trinajstić information content (AvgIpc) is 2.68. The summed E-state index contributed by atoms with van der Waals surface area (Å²) >= 11 is 1.36. The number of fused-ring (bicyclic) bond motifs is 1. The van der Waals surface area contributed by atoms with Crippen molar-refractivity contribution in [3.05, 3.63) is 99.6 Å². The van der Waals surface area contributed by atoms with Gasteiger partial charge in [-0.3, -0.25) is 9.36 Å². The quantitative estimate of drug-likeness (QED) is 0.344. The van der Waals surface area contributed by atoms with E-state index in [-0.39, 0.29) is 11.4 Å². The molecule has 0 aliphatic heterocycles. The van der Waals surface area contributed by atoms with Gasteiger partial charge in [-0.15, -0.1) is 0 Å². The summed E-state index contributed by atoms with van der Waals surface area (Å²) in [6.07, 6.45) is 0. The van der Waals surface area contributed by atoms with E-state index in [0.717, 1.165) is 16.8 Å². The van der Waals surface area contributed by atoms with Crippen LogP contribution in [0.2, 0.25) is 0 Å². The summed E-state index contributed by atoms with van der Waals surface area (Å²) in [6, 6.07) is 20.0. The normalized spacial score (nSPS) is 11.1. The molecule has 0 spiro atoms. The van der Waals surface area contributed by atoms with Gasteiger partial charge in [-0.2, -0.15) is 0 Å². The Balaban J connectivity index is 1.88. The van der Waals surface area contributed by atoms with Crippen LogP contribution in [0, 0.1) is 19.7 Å². The zero-order valence-corrected chi connectivity index (χ0v) is 16.5. The Morgan fingerprint density at radius 1 is 1.00 bits per heavy atom. The van der Waals surface area contributed by atoms with Gasteiger partial charge in [0, 0.05) is 5.75 Å². The molecule has 4 rings (SSSR count). The lowest BCUT2D eigenvalue weighted by atomic mass is 10.1. The Morgan fingerprint density at radius 2 is 1.75 bits per heavy atom. The van der Waals surface area contributed by atoms with Crippen LogP contribution in [0.5, 0.6) is 0 Å². The van der Waals surface area contributed by atoms with Crippen LogP contribution in [0.1, 0.15) is 16.7 Å². The van der Waals surface area contributed by atoms with E-state index in [4.69, 9.17) is 4.98 Å². The average molecular weight is 390 g/mol. The molecule has 1 heterocycles. The Labute approximate surface area is 166 Å². The molecule has 0 N–H and O–H groups in total. The molecule has 28 heavy (non-hydrogen) atoms. The molecule has 1 aromatic heterocycles. The molecule has 0 bridgehead atoms. The minimum Gasteiger partial charge on any atom is -0.268 e. The van der Waals surface area contributed by atoms with Gasteiger partial charge in [-0.1, -0.05) is 59.8 Å². The molecule has 140 valence electrons. The van der Waals surface area contributed by atoms with Crippen LogP contribution in [-0.4, -0.2) is 9.55 Å². The van der Waals surface area contributed by atoms with Crippen molar-refractivity contribution >= 4 is 22.7 Å². The summed E-state index contributed by atoms with van der Waals surface area (Å²) in [6.45, 7) is 4.00. The van der Waals surface area contributed by atoms with Crippen molar-refractivity contribution in [1.29, 1.82) is 0 Å².